The van der Waals surface area contributed by atoms with Gasteiger partial charge in [0.25, 0.3) is 0 Å². The lowest BCUT2D eigenvalue weighted by molar-refractivity contribution is 0.477. The van der Waals surface area contributed by atoms with Gasteiger partial charge in [-0.25, -0.2) is 0 Å². The van der Waals surface area contributed by atoms with Crippen molar-refractivity contribution in [2.75, 3.05) is 0 Å². The van der Waals surface area contributed by atoms with Gasteiger partial charge in [0.2, 0.25) is 0 Å². The maximum Gasteiger partial charge on any atom is 0.146 e. The molecule has 0 N–H and O–H groups in total. The van der Waals surface area contributed by atoms with Crippen LogP contribution in [0.25, 0.3) is 0 Å². The Kier molecular flexibility index (Phi) is 3.71. The van der Waals surface area contributed by atoms with Crippen LogP contribution >= 0.6 is 11.6 Å². The first-order chi connectivity index (χ1) is 9.15. The highest BCUT2D eigenvalue weighted by Gasteiger charge is 2.10. The van der Waals surface area contributed by atoms with Gasteiger partial charge in [0.05, 0.1) is 16.7 Å². The van der Waals surface area contributed by atoms with E-state index in [4.69, 9.17) is 26.9 Å². The third-order valence-electron chi connectivity index (χ3n) is 2.62. The lowest BCUT2D eigenvalue weighted by atomic mass is 10.1. The maximum absolute atomic E-state index is 9.08. The zero-order chi connectivity index (χ0) is 13.8. The van der Waals surface area contributed by atoms with Crippen molar-refractivity contribution in [2.45, 2.75) is 6.92 Å². The van der Waals surface area contributed by atoms with Crippen molar-refractivity contribution in [1.29, 1.82) is 10.5 Å². The first kappa shape index (κ1) is 13.0. The fourth-order valence-corrected chi connectivity index (χ4v) is 1.80. The Bertz CT molecular complexity index is 711. The molecule has 92 valence electrons. The van der Waals surface area contributed by atoms with Gasteiger partial charge in [0.1, 0.15) is 23.1 Å². The average Bonchev–Trinajstić information content (AvgIpc) is 2.41. The molecule has 0 unspecified atom stereocenters. The maximum atomic E-state index is 9.08. The molecule has 2 rings (SSSR count). The van der Waals surface area contributed by atoms with Gasteiger partial charge in [-0.05, 0) is 36.8 Å². The highest BCUT2D eigenvalue weighted by Crippen LogP contribution is 2.31. The van der Waals surface area contributed by atoms with Gasteiger partial charge in [-0.2, -0.15) is 10.5 Å². The van der Waals surface area contributed by atoms with Gasteiger partial charge in [0, 0.05) is 0 Å². The van der Waals surface area contributed by atoms with E-state index in [1.165, 1.54) is 0 Å². The molecule has 0 aliphatic carbocycles. The summed E-state index contributed by atoms with van der Waals surface area (Å²) in [7, 11) is 0. The van der Waals surface area contributed by atoms with E-state index in [2.05, 4.69) is 0 Å². The first-order valence-electron chi connectivity index (χ1n) is 5.53. The molecule has 2 aromatic rings. The van der Waals surface area contributed by atoms with Crippen molar-refractivity contribution >= 4 is 11.6 Å². The van der Waals surface area contributed by atoms with Crippen molar-refractivity contribution in [3.05, 3.63) is 58.1 Å². The van der Waals surface area contributed by atoms with Crippen molar-refractivity contribution in [3.63, 3.8) is 0 Å². The molecule has 3 nitrogen and oxygen atoms in total. The van der Waals surface area contributed by atoms with Crippen LogP contribution in [0.15, 0.2) is 36.4 Å². The molecule has 0 fully saturated rings. The number of aryl methyl sites for hydroxylation is 1. The quantitative estimate of drug-likeness (QED) is 0.821. The van der Waals surface area contributed by atoms with Crippen LogP contribution in [0.1, 0.15) is 16.7 Å². The second-order valence-corrected chi connectivity index (χ2v) is 4.33. The summed E-state index contributed by atoms with van der Waals surface area (Å²) in [4.78, 5) is 0. The third-order valence-corrected chi connectivity index (χ3v) is 2.94. The summed E-state index contributed by atoms with van der Waals surface area (Å²) < 4.78 is 5.70. The van der Waals surface area contributed by atoms with E-state index in [9.17, 15) is 0 Å². The summed E-state index contributed by atoms with van der Waals surface area (Å²) >= 11 is 5.94. The molecule has 19 heavy (non-hydrogen) atoms. The third kappa shape index (κ3) is 2.68. The summed E-state index contributed by atoms with van der Waals surface area (Å²) in [5.74, 6) is 0.922. The SMILES string of the molecule is Cc1ccc(C#N)cc1Oc1cccc(Cl)c1C#N. The zero-order valence-corrected chi connectivity index (χ0v) is 10.9. The minimum absolute atomic E-state index is 0.283. The van der Waals surface area contributed by atoms with Gasteiger partial charge in [-0.15, -0.1) is 0 Å². The molecule has 0 saturated heterocycles. The Morgan fingerprint density at radius 3 is 2.53 bits per heavy atom. The number of nitriles is 2. The summed E-state index contributed by atoms with van der Waals surface area (Å²) in [6.45, 7) is 1.87. The van der Waals surface area contributed by atoms with E-state index in [1.807, 2.05) is 19.1 Å². The van der Waals surface area contributed by atoms with Crippen molar-refractivity contribution in [2.24, 2.45) is 0 Å². The van der Waals surface area contributed by atoms with Gasteiger partial charge >= 0.3 is 0 Å². The molecule has 0 spiro atoms. The Morgan fingerprint density at radius 1 is 1.05 bits per heavy atom. The number of hydrogen-bond acceptors (Lipinski definition) is 3. The fraction of sp³-hybridized carbons (Fsp3) is 0.0667. The number of hydrogen-bond donors (Lipinski definition) is 0. The first-order valence-corrected chi connectivity index (χ1v) is 5.90. The highest BCUT2D eigenvalue weighted by molar-refractivity contribution is 6.31. The Hall–Kier alpha value is -2.49. The molecule has 0 aliphatic heterocycles. The van der Waals surface area contributed by atoms with Crippen molar-refractivity contribution in [3.8, 4) is 23.6 Å². The van der Waals surface area contributed by atoms with E-state index >= 15 is 0 Å². The highest BCUT2D eigenvalue weighted by atomic mass is 35.5. The predicted molar refractivity (Wildman–Crippen MR) is 72.1 cm³/mol. The van der Waals surface area contributed by atoms with Crippen LogP contribution in [-0.2, 0) is 0 Å². The van der Waals surface area contributed by atoms with Gasteiger partial charge in [-0.3, -0.25) is 0 Å². The van der Waals surface area contributed by atoms with Crippen LogP contribution in [0.5, 0.6) is 11.5 Å². The largest absolute Gasteiger partial charge is 0.456 e. The summed E-state index contributed by atoms with van der Waals surface area (Å²) in [5.41, 5.74) is 1.66. The van der Waals surface area contributed by atoms with Crippen LogP contribution in [0.2, 0.25) is 5.02 Å². The van der Waals surface area contributed by atoms with Gasteiger partial charge < -0.3 is 4.74 Å². The number of halogens is 1. The van der Waals surface area contributed by atoms with Crippen LogP contribution in [0, 0.1) is 29.6 Å². The van der Waals surface area contributed by atoms with E-state index < -0.39 is 0 Å². The molecular formula is C15H9ClN2O. The zero-order valence-electron chi connectivity index (χ0n) is 10.1. The standard InChI is InChI=1S/C15H9ClN2O/c1-10-5-6-11(8-17)7-15(10)19-14-4-2-3-13(16)12(14)9-18/h2-7H,1H3. The Morgan fingerprint density at radius 2 is 1.84 bits per heavy atom. The summed E-state index contributed by atoms with van der Waals surface area (Å²) in [6, 6.07) is 14.2. The number of nitrogens with zero attached hydrogens (tertiary/aromatic N) is 2. The second kappa shape index (κ2) is 5.44. The lowest BCUT2D eigenvalue weighted by Gasteiger charge is -2.10. The monoisotopic (exact) mass is 268 g/mol. The molecule has 0 aromatic heterocycles. The van der Waals surface area contributed by atoms with E-state index in [0.29, 0.717) is 22.1 Å². The minimum atomic E-state index is 0.283. The molecule has 0 bridgehead atoms. The number of benzene rings is 2. The Labute approximate surface area is 116 Å². The molecule has 0 saturated carbocycles. The number of rotatable bonds is 2. The average molecular weight is 269 g/mol. The minimum Gasteiger partial charge on any atom is -0.456 e. The Balaban J connectivity index is 2.46. The van der Waals surface area contributed by atoms with Crippen molar-refractivity contribution in [1.82, 2.24) is 0 Å². The molecule has 0 heterocycles. The van der Waals surface area contributed by atoms with Gasteiger partial charge in [0.15, 0.2) is 0 Å². The smallest absolute Gasteiger partial charge is 0.146 e. The van der Waals surface area contributed by atoms with E-state index in [1.54, 1.807) is 36.4 Å². The van der Waals surface area contributed by atoms with Crippen LogP contribution in [0.3, 0.4) is 0 Å². The van der Waals surface area contributed by atoms with Gasteiger partial charge in [-0.1, -0.05) is 23.7 Å². The molecule has 0 aliphatic rings. The molecule has 2 aromatic carbocycles. The van der Waals surface area contributed by atoms with Crippen LogP contribution in [-0.4, -0.2) is 0 Å². The molecular weight excluding hydrogens is 260 g/mol. The van der Waals surface area contributed by atoms with Crippen LogP contribution < -0.4 is 4.74 Å². The fourth-order valence-electron chi connectivity index (χ4n) is 1.60. The van der Waals surface area contributed by atoms with E-state index in [0.717, 1.165) is 5.56 Å². The molecule has 0 amide bonds. The normalized spacial score (nSPS) is 9.47. The lowest BCUT2D eigenvalue weighted by Crippen LogP contribution is -1.92. The number of ether oxygens (including phenoxy) is 1. The van der Waals surface area contributed by atoms with E-state index in [-0.39, 0.29) is 5.56 Å². The summed E-state index contributed by atoms with van der Waals surface area (Å²) in [5, 5.41) is 18.3. The molecule has 4 heteroatoms. The van der Waals surface area contributed by atoms with Crippen LogP contribution in [0.4, 0.5) is 0 Å². The molecule has 0 radical (unpaired) electrons. The predicted octanol–water partition coefficient (Wildman–Crippen LogP) is 4.18. The van der Waals surface area contributed by atoms with Crippen molar-refractivity contribution < 1.29 is 4.74 Å². The second-order valence-electron chi connectivity index (χ2n) is 3.92. The molecule has 0 atom stereocenters. The summed E-state index contributed by atoms with van der Waals surface area (Å²) in [6.07, 6.45) is 0. The topological polar surface area (TPSA) is 56.8 Å².